The van der Waals surface area contributed by atoms with Gasteiger partial charge in [0.25, 0.3) is 10.0 Å². The first-order valence-corrected chi connectivity index (χ1v) is 9.63. The van der Waals surface area contributed by atoms with E-state index in [1.807, 2.05) is 26.0 Å². The van der Waals surface area contributed by atoms with Crippen LogP contribution in [0.15, 0.2) is 51.8 Å². The lowest BCUT2D eigenvalue weighted by molar-refractivity contribution is -0.118. The van der Waals surface area contributed by atoms with Gasteiger partial charge in [0, 0.05) is 0 Å². The van der Waals surface area contributed by atoms with Gasteiger partial charge in [-0.15, -0.1) is 0 Å². The number of hydrogen-bond donors (Lipinski definition) is 1. The molecule has 1 amide bonds. The highest BCUT2D eigenvalue weighted by molar-refractivity contribution is 9.10. The molecule has 0 fully saturated rings. The van der Waals surface area contributed by atoms with E-state index in [4.69, 9.17) is 4.74 Å². The minimum absolute atomic E-state index is 0.00227. The zero-order valence-electron chi connectivity index (χ0n) is 13.4. The minimum Gasteiger partial charge on any atom is -0.493 e. The van der Waals surface area contributed by atoms with Crippen molar-refractivity contribution in [3.05, 3.63) is 58.1 Å². The fourth-order valence-corrected chi connectivity index (χ4v) is 3.71. The topological polar surface area (TPSA) is 72.5 Å². The molecule has 2 aromatic carbocycles. The molecule has 0 radical (unpaired) electrons. The Hall–Kier alpha value is -1.86. The average molecular weight is 412 g/mol. The van der Waals surface area contributed by atoms with Crippen LogP contribution < -0.4 is 9.46 Å². The summed E-state index contributed by atoms with van der Waals surface area (Å²) in [6.07, 6.45) is -0.00227. The second kappa shape index (κ2) is 7.81. The third-order valence-corrected chi connectivity index (χ3v) is 5.24. The monoisotopic (exact) mass is 411 g/mol. The van der Waals surface area contributed by atoms with E-state index >= 15 is 0 Å². The van der Waals surface area contributed by atoms with Crippen LogP contribution in [-0.4, -0.2) is 20.9 Å². The summed E-state index contributed by atoms with van der Waals surface area (Å²) in [7, 11) is -3.93. The van der Waals surface area contributed by atoms with Gasteiger partial charge in [-0.05, 0) is 53.5 Å². The molecular formula is C17H18BrNO4S. The van der Waals surface area contributed by atoms with Crippen molar-refractivity contribution in [2.75, 3.05) is 6.61 Å². The molecule has 0 heterocycles. The Balaban J connectivity index is 2.11. The number of carbonyl (C=O) groups excluding carboxylic acids is 1. The first-order chi connectivity index (χ1) is 11.3. The summed E-state index contributed by atoms with van der Waals surface area (Å²) in [6, 6.07) is 11.7. The van der Waals surface area contributed by atoms with Gasteiger partial charge in [-0.25, -0.2) is 13.1 Å². The molecule has 0 saturated carbocycles. The lowest BCUT2D eigenvalue weighted by Crippen LogP contribution is -2.31. The highest BCUT2D eigenvalue weighted by Crippen LogP contribution is 2.27. The van der Waals surface area contributed by atoms with Crippen molar-refractivity contribution in [1.29, 1.82) is 0 Å². The number of rotatable bonds is 6. The fraction of sp³-hybridized carbons (Fsp3) is 0.235. The van der Waals surface area contributed by atoms with Gasteiger partial charge in [-0.1, -0.05) is 29.8 Å². The van der Waals surface area contributed by atoms with E-state index in [0.29, 0.717) is 16.8 Å². The molecular weight excluding hydrogens is 394 g/mol. The first-order valence-electron chi connectivity index (χ1n) is 7.35. The predicted molar refractivity (Wildman–Crippen MR) is 95.5 cm³/mol. The molecule has 2 rings (SSSR count). The Morgan fingerprint density at radius 3 is 2.42 bits per heavy atom. The molecule has 0 aliphatic heterocycles. The maximum absolute atomic E-state index is 12.3. The summed E-state index contributed by atoms with van der Waals surface area (Å²) in [6.45, 7) is 4.25. The third-order valence-electron chi connectivity index (χ3n) is 3.25. The van der Waals surface area contributed by atoms with Gasteiger partial charge >= 0.3 is 0 Å². The van der Waals surface area contributed by atoms with Gasteiger partial charge in [-0.2, -0.15) is 0 Å². The standard InChI is InChI=1S/C17H18BrNO4S/c1-3-23-16-9-8-14(11-15(16)18)24(21,22)19-17(20)10-13-6-4-12(2)5-7-13/h4-9,11H,3,10H2,1-2H3,(H,19,20). The Morgan fingerprint density at radius 2 is 1.83 bits per heavy atom. The maximum atomic E-state index is 12.3. The SMILES string of the molecule is CCOc1ccc(S(=O)(=O)NC(=O)Cc2ccc(C)cc2)cc1Br. The van der Waals surface area contributed by atoms with Gasteiger partial charge < -0.3 is 4.74 Å². The number of sulfonamides is 1. The highest BCUT2D eigenvalue weighted by Gasteiger charge is 2.19. The average Bonchev–Trinajstić information content (AvgIpc) is 2.51. The minimum atomic E-state index is -3.93. The number of benzene rings is 2. The number of nitrogens with one attached hydrogen (secondary N) is 1. The highest BCUT2D eigenvalue weighted by atomic mass is 79.9. The van der Waals surface area contributed by atoms with Crippen LogP contribution >= 0.6 is 15.9 Å². The van der Waals surface area contributed by atoms with Crippen molar-refractivity contribution in [2.24, 2.45) is 0 Å². The third kappa shape index (κ3) is 4.82. The molecule has 2 aromatic rings. The smallest absolute Gasteiger partial charge is 0.264 e. The van der Waals surface area contributed by atoms with Crippen LogP contribution in [-0.2, 0) is 21.2 Å². The summed E-state index contributed by atoms with van der Waals surface area (Å²) in [4.78, 5) is 12.0. The van der Waals surface area contributed by atoms with Crippen molar-refractivity contribution >= 4 is 31.9 Å². The van der Waals surface area contributed by atoms with Crippen LogP contribution in [0.25, 0.3) is 0 Å². The summed E-state index contributed by atoms with van der Waals surface area (Å²) in [5.74, 6) is -0.0358. The van der Waals surface area contributed by atoms with Crippen molar-refractivity contribution in [3.63, 3.8) is 0 Å². The van der Waals surface area contributed by atoms with Crippen molar-refractivity contribution < 1.29 is 17.9 Å². The molecule has 0 saturated heterocycles. The number of amides is 1. The van der Waals surface area contributed by atoms with Crippen molar-refractivity contribution in [3.8, 4) is 5.75 Å². The van der Waals surface area contributed by atoms with Crippen molar-refractivity contribution in [2.45, 2.75) is 25.2 Å². The molecule has 0 aliphatic rings. The fourth-order valence-electron chi connectivity index (χ4n) is 2.06. The van der Waals surface area contributed by atoms with Gasteiger partial charge in [0.05, 0.1) is 22.4 Å². The normalized spacial score (nSPS) is 11.1. The van der Waals surface area contributed by atoms with E-state index in [2.05, 4.69) is 20.7 Å². The van der Waals surface area contributed by atoms with Gasteiger partial charge in [0.2, 0.25) is 5.91 Å². The molecule has 128 valence electrons. The van der Waals surface area contributed by atoms with Crippen LogP contribution in [0.5, 0.6) is 5.75 Å². The summed E-state index contributed by atoms with van der Waals surface area (Å²) < 4.78 is 32.6. The number of aryl methyl sites for hydroxylation is 1. The molecule has 24 heavy (non-hydrogen) atoms. The van der Waals surface area contributed by atoms with Gasteiger partial charge in [0.15, 0.2) is 0 Å². The summed E-state index contributed by atoms with van der Waals surface area (Å²) in [5, 5.41) is 0. The van der Waals surface area contributed by atoms with Crippen LogP contribution in [0.3, 0.4) is 0 Å². The van der Waals surface area contributed by atoms with Crippen LogP contribution in [0.2, 0.25) is 0 Å². The zero-order chi connectivity index (χ0) is 17.7. The quantitative estimate of drug-likeness (QED) is 0.791. The molecule has 0 unspecified atom stereocenters. The molecule has 0 aliphatic carbocycles. The van der Waals surface area contributed by atoms with Gasteiger partial charge in [-0.3, -0.25) is 4.79 Å². The van der Waals surface area contributed by atoms with E-state index < -0.39 is 15.9 Å². The number of halogens is 1. The molecule has 5 nitrogen and oxygen atoms in total. The molecule has 1 N–H and O–H groups in total. The van der Waals surface area contributed by atoms with E-state index in [-0.39, 0.29) is 11.3 Å². The van der Waals surface area contributed by atoms with Crippen molar-refractivity contribution in [1.82, 2.24) is 4.72 Å². The number of carbonyl (C=O) groups is 1. The predicted octanol–water partition coefficient (Wildman–Crippen LogP) is 3.20. The van der Waals surface area contributed by atoms with Crippen LogP contribution in [0, 0.1) is 6.92 Å². The second-order valence-electron chi connectivity index (χ2n) is 5.22. The lowest BCUT2D eigenvalue weighted by atomic mass is 10.1. The molecule has 0 aromatic heterocycles. The largest absolute Gasteiger partial charge is 0.493 e. The van der Waals surface area contributed by atoms with Gasteiger partial charge in [0.1, 0.15) is 5.75 Å². The Labute approximate surface area is 150 Å². The van der Waals surface area contributed by atoms with Crippen LogP contribution in [0.1, 0.15) is 18.1 Å². The van der Waals surface area contributed by atoms with E-state index in [0.717, 1.165) is 11.1 Å². The number of ether oxygens (including phenoxy) is 1. The molecule has 0 spiro atoms. The van der Waals surface area contributed by atoms with E-state index in [1.54, 1.807) is 18.2 Å². The number of hydrogen-bond acceptors (Lipinski definition) is 4. The molecule has 7 heteroatoms. The first kappa shape index (κ1) is 18.5. The van der Waals surface area contributed by atoms with E-state index in [1.165, 1.54) is 12.1 Å². The Kier molecular flexibility index (Phi) is 6.01. The summed E-state index contributed by atoms with van der Waals surface area (Å²) in [5.41, 5.74) is 1.83. The van der Waals surface area contributed by atoms with E-state index in [9.17, 15) is 13.2 Å². The second-order valence-corrected chi connectivity index (χ2v) is 7.75. The molecule has 0 bridgehead atoms. The summed E-state index contributed by atoms with van der Waals surface area (Å²) >= 11 is 3.27. The van der Waals surface area contributed by atoms with Crippen LogP contribution in [0.4, 0.5) is 0 Å². The lowest BCUT2D eigenvalue weighted by Gasteiger charge is -2.10. The Bertz CT molecular complexity index is 832. The zero-order valence-corrected chi connectivity index (χ0v) is 15.8. The Morgan fingerprint density at radius 1 is 1.17 bits per heavy atom. The maximum Gasteiger partial charge on any atom is 0.264 e. The molecule has 0 atom stereocenters.